The van der Waals surface area contributed by atoms with Gasteiger partial charge in [-0.2, -0.15) is 0 Å². The van der Waals surface area contributed by atoms with Gasteiger partial charge in [-0.1, -0.05) is 19.9 Å². The van der Waals surface area contributed by atoms with E-state index in [-0.39, 0.29) is 17.8 Å². The maximum Gasteiger partial charge on any atom is 0.239 e. The van der Waals surface area contributed by atoms with Gasteiger partial charge in [0.2, 0.25) is 5.91 Å². The number of nitrogens with zero attached hydrogens (tertiary/aromatic N) is 1. The summed E-state index contributed by atoms with van der Waals surface area (Å²) in [5.41, 5.74) is 1.92. The standard InChI is InChI=1S/C16H25FN2O/c1-11(2)8-15(16(20)19(4)5)18-10-13-9-14(17)7-6-12(13)3/h6-7,9,11,15,18H,8,10H2,1-5H3. The number of hydrogen-bond donors (Lipinski definition) is 1. The molecule has 0 aliphatic heterocycles. The van der Waals surface area contributed by atoms with Crippen molar-refractivity contribution >= 4 is 5.91 Å². The summed E-state index contributed by atoms with van der Waals surface area (Å²) in [4.78, 5) is 13.7. The molecule has 0 radical (unpaired) electrons. The van der Waals surface area contributed by atoms with Gasteiger partial charge in [0.25, 0.3) is 0 Å². The first-order valence-electron chi connectivity index (χ1n) is 7.00. The largest absolute Gasteiger partial charge is 0.347 e. The highest BCUT2D eigenvalue weighted by Gasteiger charge is 2.20. The molecule has 0 bridgehead atoms. The second kappa shape index (κ2) is 7.39. The van der Waals surface area contributed by atoms with Gasteiger partial charge in [0.1, 0.15) is 5.82 Å². The maximum atomic E-state index is 13.3. The zero-order chi connectivity index (χ0) is 15.3. The van der Waals surface area contributed by atoms with Crippen LogP contribution >= 0.6 is 0 Å². The molecule has 3 nitrogen and oxygen atoms in total. The van der Waals surface area contributed by atoms with Gasteiger partial charge >= 0.3 is 0 Å². The molecule has 0 aliphatic rings. The fraction of sp³-hybridized carbons (Fsp3) is 0.562. The van der Waals surface area contributed by atoms with Crippen molar-refractivity contribution in [2.45, 2.75) is 39.8 Å². The van der Waals surface area contributed by atoms with Crippen LogP contribution in [0.15, 0.2) is 18.2 Å². The Morgan fingerprint density at radius 1 is 1.35 bits per heavy atom. The molecule has 1 rings (SSSR count). The Balaban J connectivity index is 2.75. The first-order chi connectivity index (χ1) is 9.31. The van der Waals surface area contributed by atoms with Gasteiger partial charge in [-0.15, -0.1) is 0 Å². The van der Waals surface area contributed by atoms with Crippen LogP contribution in [0.25, 0.3) is 0 Å². The van der Waals surface area contributed by atoms with Gasteiger partial charge in [-0.3, -0.25) is 4.79 Å². The van der Waals surface area contributed by atoms with E-state index in [1.807, 2.05) is 6.92 Å². The molecule has 0 fully saturated rings. The topological polar surface area (TPSA) is 32.3 Å². The van der Waals surface area contributed by atoms with Crippen LogP contribution in [0, 0.1) is 18.7 Å². The van der Waals surface area contributed by atoms with Crippen LogP contribution in [0.3, 0.4) is 0 Å². The number of amides is 1. The summed E-state index contributed by atoms with van der Waals surface area (Å²) in [6.07, 6.45) is 0.769. The summed E-state index contributed by atoms with van der Waals surface area (Å²) in [6.45, 7) is 6.62. The molecule has 0 heterocycles. The van der Waals surface area contributed by atoms with E-state index in [4.69, 9.17) is 0 Å². The fourth-order valence-electron chi connectivity index (χ4n) is 2.12. The maximum absolute atomic E-state index is 13.3. The highest BCUT2D eigenvalue weighted by molar-refractivity contribution is 5.81. The van der Waals surface area contributed by atoms with E-state index in [0.29, 0.717) is 12.5 Å². The van der Waals surface area contributed by atoms with Gasteiger partial charge in [-0.25, -0.2) is 4.39 Å². The van der Waals surface area contributed by atoms with E-state index in [1.165, 1.54) is 12.1 Å². The van der Waals surface area contributed by atoms with Crippen LogP contribution < -0.4 is 5.32 Å². The van der Waals surface area contributed by atoms with E-state index in [2.05, 4.69) is 19.2 Å². The van der Waals surface area contributed by atoms with E-state index < -0.39 is 0 Å². The van der Waals surface area contributed by atoms with E-state index in [1.54, 1.807) is 25.1 Å². The van der Waals surface area contributed by atoms with Gasteiger partial charge in [0, 0.05) is 20.6 Å². The number of likely N-dealkylation sites (N-methyl/N-ethyl adjacent to an activating group) is 1. The molecule has 0 spiro atoms. The predicted molar refractivity (Wildman–Crippen MR) is 79.9 cm³/mol. The van der Waals surface area contributed by atoms with Crippen molar-refractivity contribution in [3.05, 3.63) is 35.1 Å². The van der Waals surface area contributed by atoms with Crippen molar-refractivity contribution in [2.75, 3.05) is 14.1 Å². The third-order valence-electron chi connectivity index (χ3n) is 3.30. The van der Waals surface area contributed by atoms with Crippen molar-refractivity contribution in [3.63, 3.8) is 0 Å². The number of aryl methyl sites for hydroxylation is 1. The Hall–Kier alpha value is -1.42. The van der Waals surface area contributed by atoms with Gasteiger partial charge in [0.05, 0.1) is 6.04 Å². The molecular formula is C16H25FN2O. The molecule has 1 aromatic rings. The minimum atomic E-state index is -0.244. The monoisotopic (exact) mass is 280 g/mol. The van der Waals surface area contributed by atoms with Crippen LogP contribution in [0.1, 0.15) is 31.4 Å². The molecule has 112 valence electrons. The van der Waals surface area contributed by atoms with Crippen LogP contribution in [0.2, 0.25) is 0 Å². The normalized spacial score (nSPS) is 12.6. The van der Waals surface area contributed by atoms with E-state index in [9.17, 15) is 9.18 Å². The third-order valence-corrected chi connectivity index (χ3v) is 3.30. The Kier molecular flexibility index (Phi) is 6.14. The van der Waals surface area contributed by atoms with E-state index >= 15 is 0 Å². The van der Waals surface area contributed by atoms with Gasteiger partial charge in [0.15, 0.2) is 0 Å². The van der Waals surface area contributed by atoms with Crippen LogP contribution in [-0.2, 0) is 11.3 Å². The molecule has 0 saturated heterocycles. The minimum Gasteiger partial charge on any atom is -0.347 e. The van der Waals surface area contributed by atoms with Crippen molar-refractivity contribution in [1.82, 2.24) is 10.2 Å². The third kappa shape index (κ3) is 4.93. The van der Waals surface area contributed by atoms with Crippen molar-refractivity contribution in [2.24, 2.45) is 5.92 Å². The average molecular weight is 280 g/mol. The number of hydrogen-bond acceptors (Lipinski definition) is 2. The molecule has 1 aromatic carbocycles. The summed E-state index contributed by atoms with van der Waals surface area (Å²) >= 11 is 0. The molecular weight excluding hydrogens is 255 g/mol. The first kappa shape index (κ1) is 16.6. The SMILES string of the molecule is Cc1ccc(F)cc1CNC(CC(C)C)C(=O)N(C)C. The Morgan fingerprint density at radius 2 is 2.00 bits per heavy atom. The molecule has 1 amide bonds. The molecule has 0 saturated carbocycles. The lowest BCUT2D eigenvalue weighted by molar-refractivity contribution is -0.131. The lowest BCUT2D eigenvalue weighted by atomic mass is 10.0. The van der Waals surface area contributed by atoms with E-state index in [0.717, 1.165) is 17.5 Å². The number of benzene rings is 1. The van der Waals surface area contributed by atoms with Crippen molar-refractivity contribution in [1.29, 1.82) is 0 Å². The van der Waals surface area contributed by atoms with Crippen LogP contribution in [0.5, 0.6) is 0 Å². The summed E-state index contributed by atoms with van der Waals surface area (Å²) in [5.74, 6) is 0.240. The minimum absolute atomic E-state index is 0.0627. The Morgan fingerprint density at radius 3 is 2.55 bits per heavy atom. The van der Waals surface area contributed by atoms with Gasteiger partial charge < -0.3 is 10.2 Å². The molecule has 1 atom stereocenters. The summed E-state index contributed by atoms with van der Waals surface area (Å²) in [7, 11) is 3.51. The molecule has 0 aliphatic carbocycles. The number of nitrogens with one attached hydrogen (secondary N) is 1. The summed E-state index contributed by atoms with van der Waals surface area (Å²) in [6, 6.07) is 4.51. The molecule has 0 aromatic heterocycles. The van der Waals surface area contributed by atoms with Crippen LogP contribution in [0.4, 0.5) is 4.39 Å². The first-order valence-corrected chi connectivity index (χ1v) is 7.00. The quantitative estimate of drug-likeness (QED) is 0.869. The highest BCUT2D eigenvalue weighted by atomic mass is 19.1. The molecule has 1 unspecified atom stereocenters. The zero-order valence-electron chi connectivity index (χ0n) is 13.0. The zero-order valence-corrected chi connectivity index (χ0v) is 13.0. The number of rotatable bonds is 6. The Bertz CT molecular complexity index is 458. The number of halogens is 1. The second-order valence-corrected chi connectivity index (χ2v) is 5.87. The Labute approximate surface area is 121 Å². The van der Waals surface area contributed by atoms with Crippen LogP contribution in [-0.4, -0.2) is 30.9 Å². The number of carbonyl (C=O) groups is 1. The fourth-order valence-corrected chi connectivity index (χ4v) is 2.12. The second-order valence-electron chi connectivity index (χ2n) is 5.87. The lowest BCUT2D eigenvalue weighted by Crippen LogP contribution is -2.44. The van der Waals surface area contributed by atoms with Gasteiger partial charge in [-0.05, 0) is 42.5 Å². The lowest BCUT2D eigenvalue weighted by Gasteiger charge is -2.23. The summed E-state index contributed by atoms with van der Waals surface area (Å²) < 4.78 is 13.3. The highest BCUT2D eigenvalue weighted by Crippen LogP contribution is 2.12. The van der Waals surface area contributed by atoms with Crippen molar-refractivity contribution in [3.8, 4) is 0 Å². The number of carbonyl (C=O) groups excluding carboxylic acids is 1. The molecule has 1 N–H and O–H groups in total. The average Bonchev–Trinajstić information content (AvgIpc) is 2.36. The molecule has 4 heteroatoms. The summed E-state index contributed by atoms with van der Waals surface area (Å²) in [5, 5.41) is 3.26. The molecule has 20 heavy (non-hydrogen) atoms. The van der Waals surface area contributed by atoms with Crippen molar-refractivity contribution < 1.29 is 9.18 Å². The predicted octanol–water partition coefficient (Wildman–Crippen LogP) is 2.73. The smallest absolute Gasteiger partial charge is 0.239 e.